The van der Waals surface area contributed by atoms with Crippen LogP contribution in [-0.4, -0.2) is 22.8 Å². The third kappa shape index (κ3) is 1.04. The van der Waals surface area contributed by atoms with E-state index >= 15 is 0 Å². The number of hydrogen-bond acceptors (Lipinski definition) is 3. The molecule has 4 heteroatoms. The number of aldehydes is 1. The lowest BCUT2D eigenvalue weighted by molar-refractivity contribution is -0.109. The van der Waals surface area contributed by atoms with Crippen molar-refractivity contribution in [2.75, 3.05) is 6.54 Å². The van der Waals surface area contributed by atoms with Crippen molar-refractivity contribution in [1.29, 1.82) is 0 Å². The molecule has 4 nitrogen and oxygen atoms in total. The molecule has 64 valence electrons. The second kappa shape index (κ2) is 2.71. The van der Waals surface area contributed by atoms with Crippen LogP contribution < -0.4 is 5.32 Å². The summed E-state index contributed by atoms with van der Waals surface area (Å²) in [5, 5.41) is 3.09. The van der Waals surface area contributed by atoms with Crippen LogP contribution in [0.3, 0.4) is 0 Å². The van der Waals surface area contributed by atoms with E-state index in [1.807, 2.05) is 6.92 Å². The first-order valence-corrected chi connectivity index (χ1v) is 4.05. The molecule has 1 aliphatic heterocycles. The number of nitrogens with zero attached hydrogens (tertiary/aromatic N) is 1. The van der Waals surface area contributed by atoms with E-state index in [0.29, 0.717) is 0 Å². The minimum atomic E-state index is -0.210. The van der Waals surface area contributed by atoms with Gasteiger partial charge in [0.05, 0.1) is 5.69 Å². The number of aromatic amines is 1. The van der Waals surface area contributed by atoms with Crippen LogP contribution in [0, 0.1) is 6.92 Å². The van der Waals surface area contributed by atoms with Crippen molar-refractivity contribution < 1.29 is 4.79 Å². The number of carbonyl (C=O) groups excluding carboxylic acids is 1. The smallest absolute Gasteiger partial charge is 0.143 e. The van der Waals surface area contributed by atoms with Crippen LogP contribution in [0.5, 0.6) is 0 Å². The molecule has 0 bridgehead atoms. The average Bonchev–Trinajstić information content (AvgIpc) is 2.44. The van der Waals surface area contributed by atoms with Gasteiger partial charge in [-0.1, -0.05) is 0 Å². The van der Waals surface area contributed by atoms with E-state index in [4.69, 9.17) is 0 Å². The average molecular weight is 165 g/mol. The number of nitrogens with one attached hydrogen (secondary N) is 2. The molecule has 0 amide bonds. The van der Waals surface area contributed by atoms with E-state index in [2.05, 4.69) is 15.3 Å². The molecule has 0 fully saturated rings. The number of rotatable bonds is 1. The van der Waals surface area contributed by atoms with Crippen LogP contribution >= 0.6 is 0 Å². The molecule has 1 aromatic rings. The van der Waals surface area contributed by atoms with Gasteiger partial charge in [-0.3, -0.25) is 0 Å². The molecule has 0 spiro atoms. The Labute approximate surface area is 70.4 Å². The van der Waals surface area contributed by atoms with Gasteiger partial charge in [-0.05, 0) is 6.92 Å². The lowest BCUT2D eigenvalue weighted by Gasteiger charge is -2.17. The van der Waals surface area contributed by atoms with Gasteiger partial charge in [0.1, 0.15) is 18.2 Å². The van der Waals surface area contributed by atoms with Gasteiger partial charge >= 0.3 is 0 Å². The minimum Gasteiger partial charge on any atom is -0.346 e. The third-order valence-corrected chi connectivity index (χ3v) is 2.10. The van der Waals surface area contributed by atoms with Crippen LogP contribution in [0.2, 0.25) is 0 Å². The van der Waals surface area contributed by atoms with Crippen molar-refractivity contribution in [1.82, 2.24) is 15.3 Å². The van der Waals surface area contributed by atoms with Crippen LogP contribution in [0.25, 0.3) is 0 Å². The summed E-state index contributed by atoms with van der Waals surface area (Å²) in [4.78, 5) is 18.0. The highest BCUT2D eigenvalue weighted by molar-refractivity contribution is 5.61. The fourth-order valence-electron chi connectivity index (χ4n) is 1.57. The second-order valence-electron chi connectivity index (χ2n) is 3.00. The molecule has 12 heavy (non-hydrogen) atoms. The van der Waals surface area contributed by atoms with Gasteiger partial charge in [0, 0.05) is 18.7 Å². The standard InChI is InChI=1S/C8H11N3O/c1-5-10-6-2-3-9-7(4-12)8(6)11-5/h4,7,9H,2-3H2,1H3,(H,10,11). The molecule has 1 aliphatic rings. The predicted molar refractivity (Wildman–Crippen MR) is 43.8 cm³/mol. The highest BCUT2D eigenvalue weighted by Gasteiger charge is 2.21. The SMILES string of the molecule is Cc1nc2c([nH]1)CCNC2C=O. The highest BCUT2D eigenvalue weighted by Crippen LogP contribution is 2.18. The summed E-state index contributed by atoms with van der Waals surface area (Å²) >= 11 is 0. The third-order valence-electron chi connectivity index (χ3n) is 2.10. The Morgan fingerprint density at radius 3 is 3.25 bits per heavy atom. The van der Waals surface area contributed by atoms with Crippen molar-refractivity contribution >= 4 is 6.29 Å². The molecular weight excluding hydrogens is 154 g/mol. The number of hydrogen-bond donors (Lipinski definition) is 2. The maximum atomic E-state index is 10.6. The number of aromatic nitrogens is 2. The molecule has 1 aromatic heterocycles. The van der Waals surface area contributed by atoms with Gasteiger partial charge in [-0.15, -0.1) is 0 Å². The molecule has 2 rings (SSSR count). The Hall–Kier alpha value is -1.16. The first-order valence-electron chi connectivity index (χ1n) is 4.05. The number of imidazole rings is 1. The van der Waals surface area contributed by atoms with Gasteiger partial charge in [0.25, 0.3) is 0 Å². The van der Waals surface area contributed by atoms with Crippen LogP contribution in [-0.2, 0) is 11.2 Å². The Balaban J connectivity index is 2.43. The van der Waals surface area contributed by atoms with E-state index in [-0.39, 0.29) is 6.04 Å². The molecule has 0 saturated carbocycles. The Kier molecular flexibility index (Phi) is 1.69. The van der Waals surface area contributed by atoms with Gasteiger partial charge in [-0.25, -0.2) is 4.98 Å². The summed E-state index contributed by atoms with van der Waals surface area (Å²) in [5.41, 5.74) is 1.97. The van der Waals surface area contributed by atoms with Crippen LogP contribution in [0.4, 0.5) is 0 Å². The van der Waals surface area contributed by atoms with E-state index in [1.54, 1.807) is 0 Å². The van der Waals surface area contributed by atoms with Crippen molar-refractivity contribution in [2.24, 2.45) is 0 Å². The van der Waals surface area contributed by atoms with E-state index in [1.165, 1.54) is 0 Å². The van der Waals surface area contributed by atoms with Crippen LogP contribution in [0.1, 0.15) is 23.3 Å². The Bertz CT molecular complexity index is 305. The van der Waals surface area contributed by atoms with E-state index < -0.39 is 0 Å². The number of aryl methyl sites for hydroxylation is 1. The summed E-state index contributed by atoms with van der Waals surface area (Å²) in [6, 6.07) is -0.210. The highest BCUT2D eigenvalue weighted by atomic mass is 16.1. The Morgan fingerprint density at radius 2 is 2.50 bits per heavy atom. The maximum absolute atomic E-state index is 10.6. The lowest BCUT2D eigenvalue weighted by Crippen LogP contribution is -2.30. The number of carbonyl (C=O) groups is 1. The van der Waals surface area contributed by atoms with E-state index in [9.17, 15) is 4.79 Å². The van der Waals surface area contributed by atoms with Gasteiger partial charge < -0.3 is 15.1 Å². The molecule has 0 aromatic carbocycles. The summed E-state index contributed by atoms with van der Waals surface area (Å²) in [6.07, 6.45) is 1.83. The monoisotopic (exact) mass is 165 g/mol. The molecule has 1 atom stereocenters. The fraction of sp³-hybridized carbons (Fsp3) is 0.500. The second-order valence-corrected chi connectivity index (χ2v) is 3.00. The fourth-order valence-corrected chi connectivity index (χ4v) is 1.57. The van der Waals surface area contributed by atoms with Crippen molar-refractivity contribution in [2.45, 2.75) is 19.4 Å². The first kappa shape index (κ1) is 7.49. The summed E-state index contributed by atoms with van der Waals surface area (Å²) in [5.74, 6) is 0.885. The minimum absolute atomic E-state index is 0.210. The molecule has 1 unspecified atom stereocenters. The first-order chi connectivity index (χ1) is 5.81. The summed E-state index contributed by atoms with van der Waals surface area (Å²) in [7, 11) is 0. The van der Waals surface area contributed by atoms with E-state index in [0.717, 1.165) is 36.5 Å². The number of H-pyrrole nitrogens is 1. The van der Waals surface area contributed by atoms with Crippen molar-refractivity contribution in [3.63, 3.8) is 0 Å². The van der Waals surface area contributed by atoms with Gasteiger partial charge in [0.15, 0.2) is 0 Å². The quantitative estimate of drug-likeness (QED) is 0.580. The molecule has 2 N–H and O–H groups in total. The molecule has 0 aliphatic carbocycles. The molecule has 2 heterocycles. The zero-order chi connectivity index (χ0) is 8.55. The summed E-state index contributed by atoms with van der Waals surface area (Å²) in [6.45, 7) is 2.75. The predicted octanol–water partition coefficient (Wildman–Crippen LogP) is 0.104. The topological polar surface area (TPSA) is 57.8 Å². The van der Waals surface area contributed by atoms with Crippen LogP contribution in [0.15, 0.2) is 0 Å². The van der Waals surface area contributed by atoms with Gasteiger partial charge in [-0.2, -0.15) is 0 Å². The van der Waals surface area contributed by atoms with Crippen molar-refractivity contribution in [3.8, 4) is 0 Å². The zero-order valence-electron chi connectivity index (χ0n) is 6.92. The zero-order valence-corrected chi connectivity index (χ0v) is 6.92. The summed E-state index contributed by atoms with van der Waals surface area (Å²) < 4.78 is 0. The van der Waals surface area contributed by atoms with Crippen molar-refractivity contribution in [3.05, 3.63) is 17.2 Å². The normalized spacial score (nSPS) is 21.9. The molecular formula is C8H11N3O. The maximum Gasteiger partial charge on any atom is 0.143 e. The largest absolute Gasteiger partial charge is 0.346 e. The number of fused-ring (bicyclic) bond motifs is 1. The molecule has 0 radical (unpaired) electrons. The van der Waals surface area contributed by atoms with Gasteiger partial charge in [0.2, 0.25) is 0 Å². The molecule has 0 saturated heterocycles. The Morgan fingerprint density at radius 1 is 1.67 bits per heavy atom. The lowest BCUT2D eigenvalue weighted by atomic mass is 10.1.